The van der Waals surface area contributed by atoms with E-state index in [1.165, 1.54) is 0 Å². The fourth-order valence-electron chi connectivity index (χ4n) is 2.17. The topological polar surface area (TPSA) is 47.3 Å². The van der Waals surface area contributed by atoms with Gasteiger partial charge in [0.05, 0.1) is 16.1 Å². The van der Waals surface area contributed by atoms with Crippen molar-refractivity contribution in [2.45, 2.75) is 32.9 Å². The molecule has 1 aromatic heterocycles. The molecule has 1 aromatic carbocycles. The van der Waals surface area contributed by atoms with E-state index in [1.807, 2.05) is 29.7 Å². The Morgan fingerprint density at radius 1 is 1.47 bits per heavy atom. The number of benzene rings is 1. The maximum atomic E-state index is 9.84. The lowest BCUT2D eigenvalue weighted by atomic mass is 10.3. The van der Waals surface area contributed by atoms with E-state index in [4.69, 9.17) is 16.3 Å². The molecule has 2 rings (SSSR count). The van der Waals surface area contributed by atoms with Crippen molar-refractivity contribution >= 4 is 22.6 Å². The van der Waals surface area contributed by atoms with Gasteiger partial charge in [0.25, 0.3) is 0 Å². The molecule has 0 unspecified atom stereocenters. The Morgan fingerprint density at radius 2 is 2.26 bits per heavy atom. The fraction of sp³-hybridized carbons (Fsp3) is 0.500. The normalized spacial score (nSPS) is 13.1. The van der Waals surface area contributed by atoms with Crippen molar-refractivity contribution < 1.29 is 9.84 Å². The predicted molar refractivity (Wildman–Crippen MR) is 76.5 cm³/mol. The Balaban J connectivity index is 2.34. The summed E-state index contributed by atoms with van der Waals surface area (Å²) in [5.41, 5.74) is 1.70. The number of imidazole rings is 1. The van der Waals surface area contributed by atoms with Crippen molar-refractivity contribution in [3.63, 3.8) is 0 Å². The summed E-state index contributed by atoms with van der Waals surface area (Å²) in [5, 5.41) is 10.5. The van der Waals surface area contributed by atoms with Gasteiger partial charge in [-0.05, 0) is 32.4 Å². The minimum atomic E-state index is -0.615. The standard InChI is InChI=1S/C14H19ClN2O2/c1-3-19-9-5-8-17-13-11(15)6-4-7-12(13)16-14(17)10(2)18/h4,6-7,10,18H,3,5,8-9H2,1-2H3/t10-/m1/s1. The Bertz CT molecular complexity index is 552. The molecule has 1 heterocycles. The van der Waals surface area contributed by atoms with Crippen LogP contribution in [0.3, 0.4) is 0 Å². The molecule has 0 bridgehead atoms. The van der Waals surface area contributed by atoms with Crippen LogP contribution in [-0.2, 0) is 11.3 Å². The van der Waals surface area contributed by atoms with Gasteiger partial charge in [-0.25, -0.2) is 4.98 Å². The van der Waals surface area contributed by atoms with Crippen molar-refractivity contribution in [1.29, 1.82) is 0 Å². The highest BCUT2D eigenvalue weighted by Gasteiger charge is 2.16. The van der Waals surface area contributed by atoms with E-state index in [1.54, 1.807) is 6.92 Å². The van der Waals surface area contributed by atoms with Crippen LogP contribution in [0.25, 0.3) is 11.0 Å². The third-order valence-corrected chi connectivity index (χ3v) is 3.30. The zero-order chi connectivity index (χ0) is 13.8. The van der Waals surface area contributed by atoms with Gasteiger partial charge in [0, 0.05) is 19.8 Å². The molecule has 0 saturated heterocycles. The van der Waals surface area contributed by atoms with E-state index >= 15 is 0 Å². The lowest BCUT2D eigenvalue weighted by molar-refractivity contribution is 0.139. The molecule has 0 spiro atoms. The molecule has 2 aromatic rings. The number of nitrogens with zero attached hydrogens (tertiary/aromatic N) is 2. The van der Waals surface area contributed by atoms with E-state index in [0.717, 1.165) is 24.0 Å². The molecule has 4 nitrogen and oxygen atoms in total. The number of halogens is 1. The number of fused-ring (bicyclic) bond motifs is 1. The second-order valence-electron chi connectivity index (χ2n) is 4.46. The van der Waals surface area contributed by atoms with Gasteiger partial charge in [-0.1, -0.05) is 17.7 Å². The molecule has 1 N–H and O–H groups in total. The van der Waals surface area contributed by atoms with E-state index in [0.29, 0.717) is 24.1 Å². The minimum Gasteiger partial charge on any atom is -0.385 e. The number of aryl methyl sites for hydroxylation is 1. The van der Waals surface area contributed by atoms with Crippen LogP contribution in [0.4, 0.5) is 0 Å². The van der Waals surface area contributed by atoms with E-state index in [9.17, 15) is 5.11 Å². The monoisotopic (exact) mass is 282 g/mol. The number of rotatable bonds is 6. The fourth-order valence-corrected chi connectivity index (χ4v) is 2.45. The van der Waals surface area contributed by atoms with Crippen molar-refractivity contribution in [3.05, 3.63) is 29.0 Å². The maximum absolute atomic E-state index is 9.84. The van der Waals surface area contributed by atoms with Crippen LogP contribution in [0.5, 0.6) is 0 Å². The molecule has 0 aliphatic carbocycles. The van der Waals surface area contributed by atoms with Gasteiger partial charge >= 0.3 is 0 Å². The zero-order valence-corrected chi connectivity index (χ0v) is 12.0. The maximum Gasteiger partial charge on any atom is 0.138 e. The number of aromatic nitrogens is 2. The van der Waals surface area contributed by atoms with Crippen molar-refractivity contribution in [2.75, 3.05) is 13.2 Å². The summed E-state index contributed by atoms with van der Waals surface area (Å²) in [7, 11) is 0. The summed E-state index contributed by atoms with van der Waals surface area (Å²) in [5.74, 6) is 0.652. The third-order valence-electron chi connectivity index (χ3n) is 3.00. The summed E-state index contributed by atoms with van der Waals surface area (Å²) in [6.45, 7) is 5.84. The molecule has 0 radical (unpaired) electrons. The van der Waals surface area contributed by atoms with Crippen LogP contribution in [0, 0.1) is 0 Å². The molecule has 0 fully saturated rings. The van der Waals surface area contributed by atoms with Gasteiger partial charge < -0.3 is 14.4 Å². The van der Waals surface area contributed by atoms with Gasteiger partial charge in [0.15, 0.2) is 0 Å². The molecule has 1 atom stereocenters. The SMILES string of the molecule is CCOCCCn1c([C@@H](C)O)nc2cccc(Cl)c21. The summed E-state index contributed by atoms with van der Waals surface area (Å²) >= 11 is 6.25. The van der Waals surface area contributed by atoms with Crippen LogP contribution in [0.2, 0.25) is 5.02 Å². The van der Waals surface area contributed by atoms with E-state index in [-0.39, 0.29) is 0 Å². The van der Waals surface area contributed by atoms with E-state index < -0.39 is 6.10 Å². The second kappa shape index (κ2) is 6.37. The van der Waals surface area contributed by atoms with Gasteiger partial charge in [-0.2, -0.15) is 0 Å². The van der Waals surface area contributed by atoms with Crippen LogP contribution in [0.15, 0.2) is 18.2 Å². The third kappa shape index (κ3) is 3.08. The first-order chi connectivity index (χ1) is 9.15. The summed E-state index contributed by atoms with van der Waals surface area (Å²) in [6.07, 6.45) is 0.250. The molecule has 5 heteroatoms. The molecule has 104 valence electrons. The summed E-state index contributed by atoms with van der Waals surface area (Å²) in [4.78, 5) is 4.46. The van der Waals surface area contributed by atoms with Crippen molar-refractivity contribution in [3.8, 4) is 0 Å². The van der Waals surface area contributed by atoms with Crippen molar-refractivity contribution in [2.24, 2.45) is 0 Å². The number of ether oxygens (including phenoxy) is 1. The lowest BCUT2D eigenvalue weighted by Gasteiger charge is -2.11. The average Bonchev–Trinajstić information content (AvgIpc) is 2.75. The number of hydrogen-bond donors (Lipinski definition) is 1. The summed E-state index contributed by atoms with van der Waals surface area (Å²) < 4.78 is 7.33. The highest BCUT2D eigenvalue weighted by Crippen LogP contribution is 2.27. The summed E-state index contributed by atoms with van der Waals surface area (Å²) in [6, 6.07) is 5.62. The van der Waals surface area contributed by atoms with Gasteiger partial charge in [-0.15, -0.1) is 0 Å². The smallest absolute Gasteiger partial charge is 0.138 e. The Labute approximate surface area is 118 Å². The number of aliphatic hydroxyl groups is 1. The first-order valence-corrected chi connectivity index (χ1v) is 6.93. The molecule has 0 saturated carbocycles. The van der Waals surface area contributed by atoms with Crippen molar-refractivity contribution in [1.82, 2.24) is 9.55 Å². The second-order valence-corrected chi connectivity index (χ2v) is 4.86. The van der Waals surface area contributed by atoms with Gasteiger partial charge in [-0.3, -0.25) is 0 Å². The molecular formula is C14H19ClN2O2. The first-order valence-electron chi connectivity index (χ1n) is 6.55. The molecular weight excluding hydrogens is 264 g/mol. The Kier molecular flexibility index (Phi) is 4.80. The quantitative estimate of drug-likeness (QED) is 0.828. The number of hydrogen-bond acceptors (Lipinski definition) is 3. The molecule has 19 heavy (non-hydrogen) atoms. The zero-order valence-electron chi connectivity index (χ0n) is 11.3. The average molecular weight is 283 g/mol. The highest BCUT2D eigenvalue weighted by atomic mass is 35.5. The van der Waals surface area contributed by atoms with Crippen LogP contribution < -0.4 is 0 Å². The lowest BCUT2D eigenvalue weighted by Crippen LogP contribution is -2.09. The number of para-hydroxylation sites is 1. The minimum absolute atomic E-state index is 0.615. The molecule has 0 aliphatic rings. The van der Waals surface area contributed by atoms with Gasteiger partial charge in [0.2, 0.25) is 0 Å². The van der Waals surface area contributed by atoms with Crippen LogP contribution >= 0.6 is 11.6 Å². The van der Waals surface area contributed by atoms with Crippen LogP contribution in [-0.4, -0.2) is 27.9 Å². The largest absolute Gasteiger partial charge is 0.385 e. The van der Waals surface area contributed by atoms with Crippen LogP contribution in [0.1, 0.15) is 32.2 Å². The Hall–Kier alpha value is -1.10. The number of aliphatic hydroxyl groups excluding tert-OH is 1. The van der Waals surface area contributed by atoms with Gasteiger partial charge in [0.1, 0.15) is 11.9 Å². The van der Waals surface area contributed by atoms with E-state index in [2.05, 4.69) is 4.98 Å². The highest BCUT2D eigenvalue weighted by molar-refractivity contribution is 6.35. The first kappa shape index (κ1) is 14.3. The molecule has 0 aliphatic heterocycles. The predicted octanol–water partition coefficient (Wildman–Crippen LogP) is 3.17. The Morgan fingerprint density at radius 3 is 2.95 bits per heavy atom. The molecule has 0 amide bonds.